The summed E-state index contributed by atoms with van der Waals surface area (Å²) in [5.74, 6) is 1.52. The summed E-state index contributed by atoms with van der Waals surface area (Å²) in [6.07, 6.45) is 1.66. The zero-order valence-electron chi connectivity index (χ0n) is 10.3. The van der Waals surface area contributed by atoms with E-state index in [1.54, 1.807) is 0 Å². The average molecular weight is 241 g/mol. The lowest BCUT2D eigenvalue weighted by molar-refractivity contribution is 0.767. The van der Waals surface area contributed by atoms with Crippen molar-refractivity contribution in [3.05, 3.63) is 57.8 Å². The maximum Gasteiger partial charge on any atom is 0.294 e. The van der Waals surface area contributed by atoms with Crippen molar-refractivity contribution in [2.24, 2.45) is 0 Å². The minimum atomic E-state index is -0.190. The molecule has 1 aromatic carbocycles. The Labute approximate surface area is 105 Å². The second-order valence-electron chi connectivity index (χ2n) is 4.69. The van der Waals surface area contributed by atoms with E-state index in [0.717, 1.165) is 12.2 Å². The number of benzene rings is 1. The molecule has 1 aliphatic carbocycles. The molecule has 0 bridgehead atoms. The Morgan fingerprint density at radius 3 is 2.72 bits per heavy atom. The molecule has 4 heteroatoms. The average Bonchev–Trinajstić information content (AvgIpc) is 3.20. The summed E-state index contributed by atoms with van der Waals surface area (Å²) in [5.41, 5.74) is 1.63. The fourth-order valence-electron chi connectivity index (χ4n) is 2.33. The van der Waals surface area contributed by atoms with Crippen molar-refractivity contribution in [1.82, 2.24) is 15.2 Å². The molecular formula is C14H15N3O. The molecule has 1 heterocycles. The number of aryl methyl sites for hydroxylation is 1. The largest absolute Gasteiger partial charge is 0.294 e. The normalized spacial score (nSPS) is 21.8. The van der Waals surface area contributed by atoms with Crippen LogP contribution in [0.1, 0.15) is 42.3 Å². The molecule has 4 nitrogen and oxygen atoms in total. The topological polar surface area (TPSA) is 58.6 Å². The Balaban J connectivity index is 1.83. The summed E-state index contributed by atoms with van der Waals surface area (Å²) >= 11 is 0. The Morgan fingerprint density at radius 1 is 1.28 bits per heavy atom. The molecule has 0 saturated heterocycles. The summed E-state index contributed by atoms with van der Waals surface area (Å²) in [6.45, 7) is 1.91. The first-order valence-corrected chi connectivity index (χ1v) is 6.30. The lowest BCUT2D eigenvalue weighted by Crippen LogP contribution is -2.18. The van der Waals surface area contributed by atoms with Gasteiger partial charge in [0.25, 0.3) is 5.56 Å². The molecule has 1 saturated carbocycles. The highest BCUT2D eigenvalue weighted by molar-refractivity contribution is 5.30. The Kier molecular flexibility index (Phi) is 2.70. The fourth-order valence-corrected chi connectivity index (χ4v) is 2.33. The molecule has 0 unspecified atom stereocenters. The number of H-pyrrole nitrogens is 1. The van der Waals surface area contributed by atoms with Crippen LogP contribution in [0.3, 0.4) is 0 Å². The van der Waals surface area contributed by atoms with Gasteiger partial charge in [0, 0.05) is 5.92 Å². The van der Waals surface area contributed by atoms with Gasteiger partial charge in [0.2, 0.25) is 0 Å². The number of rotatable bonds is 3. The van der Waals surface area contributed by atoms with Crippen molar-refractivity contribution >= 4 is 0 Å². The second-order valence-corrected chi connectivity index (χ2v) is 4.69. The smallest absolute Gasteiger partial charge is 0.265 e. The van der Waals surface area contributed by atoms with E-state index in [0.29, 0.717) is 24.0 Å². The lowest BCUT2D eigenvalue weighted by atomic mass is 10.1. The number of aromatic amines is 1. The number of nitrogens with zero attached hydrogens (tertiary/aromatic N) is 2. The number of aromatic nitrogens is 3. The predicted molar refractivity (Wildman–Crippen MR) is 68.6 cm³/mol. The monoisotopic (exact) mass is 241 g/mol. The van der Waals surface area contributed by atoms with Crippen molar-refractivity contribution < 1.29 is 0 Å². The predicted octanol–water partition coefficient (Wildman–Crippen LogP) is 2.00. The molecule has 0 radical (unpaired) electrons. The lowest BCUT2D eigenvalue weighted by Gasteiger charge is -2.01. The Morgan fingerprint density at radius 2 is 2.06 bits per heavy atom. The first kappa shape index (κ1) is 11.1. The SMILES string of the molecule is CCc1n[nH]c([C@@H]2C[C@H]2c2ccccc2)nc1=O. The van der Waals surface area contributed by atoms with E-state index in [9.17, 15) is 4.79 Å². The standard InChI is InChI=1S/C14H15N3O/c1-2-12-14(18)15-13(17-16-12)11-8-10(11)9-6-4-3-5-7-9/h3-7,10-11H,2,8H2,1H3,(H,15,17,18)/t10-,11+/m0/s1. The third-order valence-corrected chi connectivity index (χ3v) is 3.48. The molecule has 0 spiro atoms. The van der Waals surface area contributed by atoms with Crippen LogP contribution in [0.4, 0.5) is 0 Å². The highest BCUT2D eigenvalue weighted by atomic mass is 16.1. The van der Waals surface area contributed by atoms with Crippen LogP contribution in [0.25, 0.3) is 0 Å². The Bertz CT molecular complexity index is 606. The van der Waals surface area contributed by atoms with E-state index in [1.807, 2.05) is 25.1 Å². The minimum absolute atomic E-state index is 0.190. The quantitative estimate of drug-likeness (QED) is 0.894. The molecule has 2 atom stereocenters. The maximum absolute atomic E-state index is 11.7. The third kappa shape index (κ3) is 1.94. The summed E-state index contributed by atoms with van der Waals surface area (Å²) in [7, 11) is 0. The molecular weight excluding hydrogens is 226 g/mol. The van der Waals surface area contributed by atoms with Gasteiger partial charge in [0.05, 0.1) is 0 Å². The molecule has 1 aliphatic rings. The molecule has 0 aliphatic heterocycles. The molecule has 1 aromatic heterocycles. The highest BCUT2D eigenvalue weighted by Crippen LogP contribution is 2.53. The van der Waals surface area contributed by atoms with Crippen molar-refractivity contribution in [2.75, 3.05) is 0 Å². The molecule has 3 rings (SSSR count). The van der Waals surface area contributed by atoms with E-state index in [2.05, 4.69) is 27.3 Å². The van der Waals surface area contributed by atoms with Gasteiger partial charge in [0.15, 0.2) is 0 Å². The highest BCUT2D eigenvalue weighted by Gasteiger charge is 2.41. The van der Waals surface area contributed by atoms with Crippen LogP contribution in [-0.4, -0.2) is 15.2 Å². The van der Waals surface area contributed by atoms with Gasteiger partial charge in [0.1, 0.15) is 11.5 Å². The Hall–Kier alpha value is -1.97. The van der Waals surface area contributed by atoms with E-state index >= 15 is 0 Å². The van der Waals surface area contributed by atoms with Gasteiger partial charge in [-0.3, -0.25) is 9.89 Å². The van der Waals surface area contributed by atoms with Crippen LogP contribution in [-0.2, 0) is 6.42 Å². The molecule has 2 aromatic rings. The van der Waals surface area contributed by atoms with Gasteiger partial charge in [-0.25, -0.2) is 0 Å². The van der Waals surface area contributed by atoms with Crippen LogP contribution in [0.2, 0.25) is 0 Å². The zero-order chi connectivity index (χ0) is 12.5. The van der Waals surface area contributed by atoms with E-state index in [-0.39, 0.29) is 5.56 Å². The summed E-state index contributed by atoms with van der Waals surface area (Å²) in [6, 6.07) is 10.3. The van der Waals surface area contributed by atoms with E-state index in [4.69, 9.17) is 0 Å². The van der Waals surface area contributed by atoms with Gasteiger partial charge in [-0.05, 0) is 24.3 Å². The van der Waals surface area contributed by atoms with E-state index in [1.165, 1.54) is 5.56 Å². The molecule has 0 amide bonds. The number of hydrogen-bond donors (Lipinski definition) is 1. The number of nitrogens with one attached hydrogen (secondary N) is 1. The third-order valence-electron chi connectivity index (χ3n) is 3.48. The van der Waals surface area contributed by atoms with Crippen LogP contribution in [0, 0.1) is 0 Å². The summed E-state index contributed by atoms with van der Waals surface area (Å²) in [5, 5.41) is 7.02. The number of hydrogen-bond acceptors (Lipinski definition) is 3. The fraction of sp³-hybridized carbons (Fsp3) is 0.357. The summed E-state index contributed by atoms with van der Waals surface area (Å²) in [4.78, 5) is 15.8. The molecule has 18 heavy (non-hydrogen) atoms. The van der Waals surface area contributed by atoms with Crippen molar-refractivity contribution in [1.29, 1.82) is 0 Å². The van der Waals surface area contributed by atoms with Crippen molar-refractivity contribution in [3.63, 3.8) is 0 Å². The minimum Gasteiger partial charge on any atom is -0.265 e. The maximum atomic E-state index is 11.7. The van der Waals surface area contributed by atoms with Crippen LogP contribution < -0.4 is 5.56 Å². The van der Waals surface area contributed by atoms with Gasteiger partial charge in [-0.1, -0.05) is 37.3 Å². The molecule has 92 valence electrons. The van der Waals surface area contributed by atoms with E-state index < -0.39 is 0 Å². The van der Waals surface area contributed by atoms with Crippen LogP contribution in [0.5, 0.6) is 0 Å². The van der Waals surface area contributed by atoms with Crippen LogP contribution >= 0.6 is 0 Å². The zero-order valence-corrected chi connectivity index (χ0v) is 10.3. The van der Waals surface area contributed by atoms with Gasteiger partial charge < -0.3 is 0 Å². The van der Waals surface area contributed by atoms with Gasteiger partial charge >= 0.3 is 0 Å². The first-order valence-electron chi connectivity index (χ1n) is 6.30. The summed E-state index contributed by atoms with van der Waals surface area (Å²) < 4.78 is 0. The van der Waals surface area contributed by atoms with Gasteiger partial charge in [-0.2, -0.15) is 10.1 Å². The van der Waals surface area contributed by atoms with Crippen LogP contribution in [0.15, 0.2) is 35.1 Å². The second kappa shape index (κ2) is 4.37. The van der Waals surface area contributed by atoms with Crippen molar-refractivity contribution in [2.45, 2.75) is 31.6 Å². The van der Waals surface area contributed by atoms with Crippen molar-refractivity contribution in [3.8, 4) is 0 Å². The first-order chi connectivity index (χ1) is 8.79. The molecule has 1 fully saturated rings. The van der Waals surface area contributed by atoms with Gasteiger partial charge in [-0.15, -0.1) is 0 Å². The molecule has 1 N–H and O–H groups in total.